The summed E-state index contributed by atoms with van der Waals surface area (Å²) in [7, 11) is 0. The van der Waals surface area contributed by atoms with Crippen LogP contribution >= 0.6 is 0 Å². The first-order valence-corrected chi connectivity index (χ1v) is 10.7. The van der Waals surface area contributed by atoms with Crippen molar-refractivity contribution < 1.29 is 0 Å². The first-order valence-electron chi connectivity index (χ1n) is 10.7. The zero-order valence-corrected chi connectivity index (χ0v) is 17.5. The third kappa shape index (κ3) is 5.45. The van der Waals surface area contributed by atoms with E-state index in [2.05, 4.69) is 106 Å². The highest BCUT2D eigenvalue weighted by atomic mass is 14.1. The topological polar surface area (TPSA) is 0 Å². The molecule has 3 aromatic rings. The van der Waals surface area contributed by atoms with E-state index < -0.39 is 0 Å². The molecule has 1 atom stereocenters. The molecule has 0 spiro atoms. The van der Waals surface area contributed by atoms with E-state index in [4.69, 9.17) is 0 Å². The molecule has 3 rings (SSSR count). The van der Waals surface area contributed by atoms with Crippen LogP contribution in [0.4, 0.5) is 0 Å². The fourth-order valence-electron chi connectivity index (χ4n) is 3.40. The Morgan fingerprint density at radius 3 is 1.68 bits per heavy atom. The van der Waals surface area contributed by atoms with Crippen LogP contribution < -0.4 is 0 Å². The molecule has 1 unspecified atom stereocenters. The van der Waals surface area contributed by atoms with Crippen LogP contribution in [0.25, 0.3) is 23.3 Å². The third-order valence-corrected chi connectivity index (χ3v) is 5.60. The van der Waals surface area contributed by atoms with Crippen molar-refractivity contribution in [2.24, 2.45) is 0 Å². The van der Waals surface area contributed by atoms with Crippen LogP contribution in [-0.4, -0.2) is 0 Å². The smallest absolute Gasteiger partial charge is 0.0184 e. The molecule has 0 amide bonds. The molecule has 0 saturated heterocycles. The van der Waals surface area contributed by atoms with Crippen LogP contribution in [0.5, 0.6) is 0 Å². The van der Waals surface area contributed by atoms with Crippen molar-refractivity contribution in [3.05, 3.63) is 95.1 Å². The fourth-order valence-corrected chi connectivity index (χ4v) is 3.40. The van der Waals surface area contributed by atoms with Crippen molar-refractivity contribution in [1.82, 2.24) is 0 Å². The summed E-state index contributed by atoms with van der Waals surface area (Å²) < 4.78 is 0. The minimum absolute atomic E-state index is 0.631. The normalized spacial score (nSPS) is 12.4. The number of rotatable bonds is 8. The molecule has 0 aromatic heterocycles. The molecule has 0 N–H and O–H groups in total. The first kappa shape index (κ1) is 20.1. The number of hydrogen-bond donors (Lipinski definition) is 0. The first-order chi connectivity index (χ1) is 13.7. The molecule has 0 nitrogen and oxygen atoms in total. The maximum Gasteiger partial charge on any atom is -0.0184 e. The molecule has 28 heavy (non-hydrogen) atoms. The standard InChI is InChI=1S/C28H32/c1-4-6-7-23-12-18-27(19-13-23)28-20-14-25(15-21-28)9-8-24-10-16-26(17-11-24)22(3)5-2/h8-22H,4-7H2,1-3H3. The summed E-state index contributed by atoms with van der Waals surface area (Å²) in [6.45, 7) is 6.76. The number of aryl methyl sites for hydroxylation is 1. The second-order valence-corrected chi connectivity index (χ2v) is 7.73. The Labute approximate surface area is 171 Å². The van der Waals surface area contributed by atoms with Crippen molar-refractivity contribution in [2.75, 3.05) is 0 Å². The Morgan fingerprint density at radius 2 is 1.18 bits per heavy atom. The Kier molecular flexibility index (Phi) is 7.25. The average molecular weight is 369 g/mol. The number of benzene rings is 3. The highest BCUT2D eigenvalue weighted by Gasteiger charge is 2.02. The van der Waals surface area contributed by atoms with Gasteiger partial charge >= 0.3 is 0 Å². The Morgan fingerprint density at radius 1 is 0.679 bits per heavy atom. The van der Waals surface area contributed by atoms with E-state index in [0.717, 1.165) is 0 Å². The summed E-state index contributed by atoms with van der Waals surface area (Å²) in [6, 6.07) is 26.8. The van der Waals surface area contributed by atoms with E-state index in [1.54, 1.807) is 0 Å². The fraction of sp³-hybridized carbons (Fsp3) is 0.286. The molecule has 0 aliphatic rings. The predicted molar refractivity (Wildman–Crippen MR) is 125 cm³/mol. The highest BCUT2D eigenvalue weighted by molar-refractivity contribution is 5.72. The number of unbranched alkanes of at least 4 members (excludes halogenated alkanes) is 1. The van der Waals surface area contributed by atoms with Gasteiger partial charge in [0.25, 0.3) is 0 Å². The molecular formula is C28H32. The molecule has 0 bridgehead atoms. The van der Waals surface area contributed by atoms with Crippen LogP contribution in [0, 0.1) is 0 Å². The van der Waals surface area contributed by atoms with Gasteiger partial charge in [-0.2, -0.15) is 0 Å². The van der Waals surface area contributed by atoms with Gasteiger partial charge in [-0.3, -0.25) is 0 Å². The molecule has 3 aromatic carbocycles. The van der Waals surface area contributed by atoms with Gasteiger partial charge in [-0.05, 0) is 58.6 Å². The monoisotopic (exact) mass is 368 g/mol. The summed E-state index contributed by atoms with van der Waals surface area (Å²) in [4.78, 5) is 0. The van der Waals surface area contributed by atoms with Gasteiger partial charge in [-0.25, -0.2) is 0 Å². The van der Waals surface area contributed by atoms with Crippen LogP contribution in [-0.2, 0) is 6.42 Å². The van der Waals surface area contributed by atoms with Gasteiger partial charge in [0.1, 0.15) is 0 Å². The van der Waals surface area contributed by atoms with Crippen molar-refractivity contribution >= 4 is 12.2 Å². The minimum Gasteiger partial charge on any atom is -0.0654 e. The molecule has 0 aliphatic carbocycles. The average Bonchev–Trinajstić information content (AvgIpc) is 2.77. The summed E-state index contributed by atoms with van der Waals surface area (Å²) in [5.41, 5.74) is 7.90. The van der Waals surface area contributed by atoms with Gasteiger partial charge in [0.05, 0.1) is 0 Å². The van der Waals surface area contributed by atoms with Gasteiger partial charge < -0.3 is 0 Å². The lowest BCUT2D eigenvalue weighted by Gasteiger charge is -2.08. The molecule has 0 heterocycles. The van der Waals surface area contributed by atoms with E-state index in [0.29, 0.717) is 5.92 Å². The van der Waals surface area contributed by atoms with Crippen LogP contribution in [0.3, 0.4) is 0 Å². The predicted octanol–water partition coefficient (Wildman–Crippen LogP) is 8.38. The second-order valence-electron chi connectivity index (χ2n) is 7.73. The molecular weight excluding hydrogens is 336 g/mol. The van der Waals surface area contributed by atoms with Crippen LogP contribution in [0.1, 0.15) is 68.2 Å². The minimum atomic E-state index is 0.631. The van der Waals surface area contributed by atoms with E-state index >= 15 is 0 Å². The number of hydrogen-bond acceptors (Lipinski definition) is 0. The van der Waals surface area contributed by atoms with Gasteiger partial charge in [0.15, 0.2) is 0 Å². The summed E-state index contributed by atoms with van der Waals surface area (Å²) in [5.74, 6) is 0.631. The Balaban J connectivity index is 1.64. The van der Waals surface area contributed by atoms with Gasteiger partial charge in [0.2, 0.25) is 0 Å². The largest absolute Gasteiger partial charge is 0.0654 e. The van der Waals surface area contributed by atoms with Crippen molar-refractivity contribution in [3.8, 4) is 11.1 Å². The summed E-state index contributed by atoms with van der Waals surface area (Å²) in [6.07, 6.45) is 9.26. The zero-order valence-electron chi connectivity index (χ0n) is 17.5. The van der Waals surface area contributed by atoms with Crippen molar-refractivity contribution in [1.29, 1.82) is 0 Å². The SMILES string of the molecule is CCCCc1ccc(-c2ccc(C=Cc3ccc(C(C)CC)cc3)cc2)cc1. The Bertz CT molecular complexity index is 865. The lowest BCUT2D eigenvalue weighted by molar-refractivity contribution is 0.733. The zero-order chi connectivity index (χ0) is 19.8. The molecule has 0 heteroatoms. The lowest BCUT2D eigenvalue weighted by Crippen LogP contribution is -1.90. The highest BCUT2D eigenvalue weighted by Crippen LogP contribution is 2.22. The van der Waals surface area contributed by atoms with E-state index in [9.17, 15) is 0 Å². The van der Waals surface area contributed by atoms with Crippen molar-refractivity contribution in [2.45, 2.75) is 52.4 Å². The molecule has 0 fully saturated rings. The molecule has 0 radical (unpaired) electrons. The van der Waals surface area contributed by atoms with Gasteiger partial charge in [-0.1, -0.05) is 112 Å². The van der Waals surface area contributed by atoms with E-state index in [1.165, 1.54) is 59.1 Å². The maximum absolute atomic E-state index is 2.28. The van der Waals surface area contributed by atoms with Crippen LogP contribution in [0.2, 0.25) is 0 Å². The lowest BCUT2D eigenvalue weighted by atomic mass is 9.97. The Hall–Kier alpha value is -2.60. The molecule has 144 valence electrons. The molecule has 0 saturated carbocycles. The van der Waals surface area contributed by atoms with E-state index in [1.807, 2.05) is 0 Å². The van der Waals surface area contributed by atoms with E-state index in [-0.39, 0.29) is 0 Å². The van der Waals surface area contributed by atoms with Gasteiger partial charge in [-0.15, -0.1) is 0 Å². The quantitative estimate of drug-likeness (QED) is 0.350. The summed E-state index contributed by atoms with van der Waals surface area (Å²) in [5, 5.41) is 0. The second kappa shape index (κ2) is 10.1. The molecule has 0 aliphatic heterocycles. The van der Waals surface area contributed by atoms with Crippen LogP contribution in [0.15, 0.2) is 72.8 Å². The van der Waals surface area contributed by atoms with Gasteiger partial charge in [0, 0.05) is 0 Å². The van der Waals surface area contributed by atoms with Crippen molar-refractivity contribution in [3.63, 3.8) is 0 Å². The summed E-state index contributed by atoms with van der Waals surface area (Å²) >= 11 is 0. The third-order valence-electron chi connectivity index (χ3n) is 5.60. The maximum atomic E-state index is 2.28.